The third-order valence-corrected chi connectivity index (χ3v) is 3.30. The van der Waals surface area contributed by atoms with Gasteiger partial charge in [0, 0.05) is 26.9 Å². The Morgan fingerprint density at radius 2 is 1.50 bits per heavy atom. The van der Waals surface area contributed by atoms with E-state index in [1.807, 2.05) is 30.3 Å². The molecule has 1 fully saturated rings. The molecule has 1 heterocycles. The summed E-state index contributed by atoms with van der Waals surface area (Å²) in [7, 11) is 0. The molecule has 96 valence electrons. The van der Waals surface area contributed by atoms with E-state index in [0.29, 0.717) is 13.1 Å². The average molecular weight is 246 g/mol. The monoisotopic (exact) mass is 246 g/mol. The lowest BCUT2D eigenvalue weighted by molar-refractivity contribution is -0.148. The Hall–Kier alpha value is -1.84. The Balaban J connectivity index is 2.38. The van der Waals surface area contributed by atoms with Gasteiger partial charge in [-0.25, -0.2) is 0 Å². The minimum atomic E-state index is -0.255. The van der Waals surface area contributed by atoms with Gasteiger partial charge in [0.1, 0.15) is 6.17 Å². The van der Waals surface area contributed by atoms with Crippen LogP contribution in [-0.4, -0.2) is 34.7 Å². The van der Waals surface area contributed by atoms with Crippen LogP contribution in [0.15, 0.2) is 30.3 Å². The highest BCUT2D eigenvalue weighted by Crippen LogP contribution is 2.29. The number of carbonyl (C=O) groups is 2. The van der Waals surface area contributed by atoms with E-state index < -0.39 is 0 Å². The maximum absolute atomic E-state index is 11.7. The molecule has 2 rings (SSSR count). The van der Waals surface area contributed by atoms with Crippen molar-refractivity contribution in [1.82, 2.24) is 9.80 Å². The topological polar surface area (TPSA) is 40.6 Å². The Bertz CT molecular complexity index is 422. The summed E-state index contributed by atoms with van der Waals surface area (Å²) < 4.78 is 0. The molecule has 18 heavy (non-hydrogen) atoms. The van der Waals surface area contributed by atoms with Crippen molar-refractivity contribution in [3.05, 3.63) is 35.9 Å². The molecule has 1 aromatic carbocycles. The zero-order chi connectivity index (χ0) is 13.1. The van der Waals surface area contributed by atoms with Gasteiger partial charge in [-0.15, -0.1) is 0 Å². The Labute approximate surface area is 107 Å². The molecule has 1 aliphatic heterocycles. The van der Waals surface area contributed by atoms with Crippen LogP contribution in [0, 0.1) is 0 Å². The van der Waals surface area contributed by atoms with Crippen LogP contribution >= 0.6 is 0 Å². The molecule has 0 saturated carbocycles. The molecule has 1 saturated heterocycles. The molecule has 0 atom stereocenters. The lowest BCUT2D eigenvalue weighted by Gasteiger charge is -2.43. The molecule has 1 aliphatic rings. The molecule has 1 aromatic rings. The van der Waals surface area contributed by atoms with Crippen molar-refractivity contribution in [3.8, 4) is 0 Å². The predicted molar refractivity (Wildman–Crippen MR) is 68.6 cm³/mol. The number of rotatable bonds is 1. The second kappa shape index (κ2) is 5.21. The van der Waals surface area contributed by atoms with Gasteiger partial charge < -0.3 is 9.80 Å². The first-order valence-electron chi connectivity index (χ1n) is 6.20. The smallest absolute Gasteiger partial charge is 0.221 e. The molecule has 4 heteroatoms. The lowest BCUT2D eigenvalue weighted by atomic mass is 10.1. The van der Waals surface area contributed by atoms with Crippen molar-refractivity contribution >= 4 is 11.8 Å². The largest absolute Gasteiger partial charge is 0.318 e. The van der Waals surface area contributed by atoms with Crippen molar-refractivity contribution in [2.45, 2.75) is 26.4 Å². The highest BCUT2D eigenvalue weighted by molar-refractivity contribution is 5.77. The molecule has 0 bridgehead atoms. The van der Waals surface area contributed by atoms with E-state index in [0.717, 1.165) is 12.0 Å². The number of nitrogens with zero attached hydrogens (tertiary/aromatic N) is 2. The van der Waals surface area contributed by atoms with Crippen LogP contribution < -0.4 is 0 Å². The normalized spacial score (nSPS) is 16.8. The summed E-state index contributed by atoms with van der Waals surface area (Å²) in [6.07, 6.45) is 0.581. The Morgan fingerprint density at radius 3 is 1.94 bits per heavy atom. The Morgan fingerprint density at radius 1 is 1.00 bits per heavy atom. The molecule has 0 aliphatic carbocycles. The molecular formula is C14H18N2O2. The van der Waals surface area contributed by atoms with Crippen molar-refractivity contribution in [1.29, 1.82) is 0 Å². The minimum Gasteiger partial charge on any atom is -0.318 e. The maximum Gasteiger partial charge on any atom is 0.221 e. The summed E-state index contributed by atoms with van der Waals surface area (Å²) in [5, 5.41) is 0. The summed E-state index contributed by atoms with van der Waals surface area (Å²) in [5.74, 6) is 0.0182. The second-order valence-electron chi connectivity index (χ2n) is 4.56. The molecule has 0 aromatic heterocycles. The highest BCUT2D eigenvalue weighted by atomic mass is 16.2. The van der Waals surface area contributed by atoms with E-state index >= 15 is 0 Å². The standard InChI is InChI=1S/C14H18N2O2/c1-11(17)15-9-6-10-16(12(2)18)14(15)13-7-4-3-5-8-13/h3-5,7-8,14H,6,9-10H2,1-2H3. The van der Waals surface area contributed by atoms with Crippen LogP contribution in [0.2, 0.25) is 0 Å². The minimum absolute atomic E-state index is 0.00908. The second-order valence-corrected chi connectivity index (χ2v) is 4.56. The number of carbonyl (C=O) groups excluding carboxylic acids is 2. The van der Waals surface area contributed by atoms with Crippen molar-refractivity contribution in [2.24, 2.45) is 0 Å². The van der Waals surface area contributed by atoms with Crippen molar-refractivity contribution in [3.63, 3.8) is 0 Å². The van der Waals surface area contributed by atoms with Crippen LogP contribution in [0.4, 0.5) is 0 Å². The summed E-state index contributed by atoms with van der Waals surface area (Å²) in [6.45, 7) is 4.52. The number of amides is 2. The molecule has 0 spiro atoms. The molecule has 4 nitrogen and oxygen atoms in total. The zero-order valence-corrected chi connectivity index (χ0v) is 10.8. The van der Waals surface area contributed by atoms with E-state index in [-0.39, 0.29) is 18.0 Å². The van der Waals surface area contributed by atoms with E-state index in [4.69, 9.17) is 0 Å². The van der Waals surface area contributed by atoms with Gasteiger partial charge in [-0.2, -0.15) is 0 Å². The highest BCUT2D eigenvalue weighted by Gasteiger charge is 2.33. The predicted octanol–water partition coefficient (Wildman–Crippen LogP) is 1.79. The number of hydrogen-bond acceptors (Lipinski definition) is 2. The Kier molecular flexibility index (Phi) is 3.65. The summed E-state index contributed by atoms with van der Waals surface area (Å²) in [5.41, 5.74) is 0.989. The van der Waals surface area contributed by atoms with Crippen LogP contribution in [0.3, 0.4) is 0 Å². The maximum atomic E-state index is 11.7. The van der Waals surface area contributed by atoms with Gasteiger partial charge >= 0.3 is 0 Å². The summed E-state index contributed by atoms with van der Waals surface area (Å²) in [6, 6.07) is 9.72. The van der Waals surface area contributed by atoms with E-state index in [1.165, 1.54) is 0 Å². The first-order valence-corrected chi connectivity index (χ1v) is 6.20. The van der Waals surface area contributed by atoms with Crippen molar-refractivity contribution < 1.29 is 9.59 Å². The van der Waals surface area contributed by atoms with Crippen LogP contribution in [-0.2, 0) is 9.59 Å². The van der Waals surface area contributed by atoms with E-state index in [1.54, 1.807) is 23.6 Å². The van der Waals surface area contributed by atoms with E-state index in [2.05, 4.69) is 0 Å². The third-order valence-electron chi connectivity index (χ3n) is 3.30. The van der Waals surface area contributed by atoms with E-state index in [9.17, 15) is 9.59 Å². The number of hydrogen-bond donors (Lipinski definition) is 0. The number of benzene rings is 1. The first kappa shape index (κ1) is 12.6. The third kappa shape index (κ3) is 2.37. The van der Waals surface area contributed by atoms with Gasteiger partial charge in [-0.3, -0.25) is 9.59 Å². The van der Waals surface area contributed by atoms with Crippen LogP contribution in [0.5, 0.6) is 0 Å². The van der Waals surface area contributed by atoms with Crippen molar-refractivity contribution in [2.75, 3.05) is 13.1 Å². The SMILES string of the molecule is CC(=O)N1CCCN(C(C)=O)C1c1ccccc1. The fourth-order valence-electron chi connectivity index (χ4n) is 2.47. The fourth-order valence-corrected chi connectivity index (χ4v) is 2.47. The average Bonchev–Trinajstić information content (AvgIpc) is 2.38. The first-order chi connectivity index (χ1) is 8.61. The molecule has 0 radical (unpaired) electrons. The van der Waals surface area contributed by atoms with Gasteiger partial charge in [0.25, 0.3) is 0 Å². The fraction of sp³-hybridized carbons (Fsp3) is 0.429. The van der Waals surface area contributed by atoms with Gasteiger partial charge in [0.15, 0.2) is 0 Å². The zero-order valence-electron chi connectivity index (χ0n) is 10.8. The molecule has 2 amide bonds. The molecular weight excluding hydrogens is 228 g/mol. The van der Waals surface area contributed by atoms with Crippen LogP contribution in [0.1, 0.15) is 32.0 Å². The quantitative estimate of drug-likeness (QED) is 0.758. The molecule has 0 N–H and O–H groups in total. The van der Waals surface area contributed by atoms with Gasteiger partial charge in [-0.1, -0.05) is 30.3 Å². The summed E-state index contributed by atoms with van der Waals surface area (Å²) in [4.78, 5) is 27.0. The summed E-state index contributed by atoms with van der Waals surface area (Å²) >= 11 is 0. The van der Waals surface area contributed by atoms with Gasteiger partial charge in [0.05, 0.1) is 0 Å². The lowest BCUT2D eigenvalue weighted by Crippen LogP contribution is -2.51. The van der Waals surface area contributed by atoms with Gasteiger partial charge in [-0.05, 0) is 12.0 Å². The van der Waals surface area contributed by atoms with Crippen LogP contribution in [0.25, 0.3) is 0 Å². The molecule has 0 unspecified atom stereocenters. The van der Waals surface area contributed by atoms with Gasteiger partial charge in [0.2, 0.25) is 11.8 Å².